The van der Waals surface area contributed by atoms with Crippen molar-refractivity contribution in [1.82, 2.24) is 14.9 Å². The quantitative estimate of drug-likeness (QED) is 0.681. The zero-order valence-electron chi connectivity index (χ0n) is 14.1. The van der Waals surface area contributed by atoms with E-state index < -0.39 is 10.1 Å². The highest BCUT2D eigenvalue weighted by atomic mass is 32.2. The van der Waals surface area contributed by atoms with Crippen LogP contribution in [0.2, 0.25) is 0 Å². The SMILES string of the molecule is O=C1NCCN1c1ccc(S(=O)(=O)Oc2ccc(-n3ccnc3)cc2)cc1. The first-order chi connectivity index (χ1) is 13.0. The van der Waals surface area contributed by atoms with Crippen LogP contribution >= 0.6 is 0 Å². The van der Waals surface area contributed by atoms with Gasteiger partial charge in [0.25, 0.3) is 0 Å². The van der Waals surface area contributed by atoms with E-state index in [-0.39, 0.29) is 16.7 Å². The number of aromatic nitrogens is 2. The lowest BCUT2D eigenvalue weighted by molar-refractivity contribution is 0.252. The Kier molecular flexibility index (Phi) is 4.28. The summed E-state index contributed by atoms with van der Waals surface area (Å²) in [5, 5.41) is 2.70. The number of nitrogens with one attached hydrogen (secondary N) is 1. The van der Waals surface area contributed by atoms with Crippen molar-refractivity contribution in [3.63, 3.8) is 0 Å². The van der Waals surface area contributed by atoms with Crippen molar-refractivity contribution in [3.05, 3.63) is 67.3 Å². The fourth-order valence-corrected chi connectivity index (χ4v) is 3.70. The fourth-order valence-electron chi connectivity index (χ4n) is 2.77. The minimum absolute atomic E-state index is 0.0181. The van der Waals surface area contributed by atoms with Crippen molar-refractivity contribution in [2.75, 3.05) is 18.0 Å². The second-order valence-corrected chi connectivity index (χ2v) is 7.43. The number of hydrogen-bond donors (Lipinski definition) is 1. The molecule has 0 atom stereocenters. The van der Waals surface area contributed by atoms with E-state index >= 15 is 0 Å². The van der Waals surface area contributed by atoms with Gasteiger partial charge in [0.05, 0.1) is 6.33 Å². The lowest BCUT2D eigenvalue weighted by atomic mass is 10.3. The highest BCUT2D eigenvalue weighted by Gasteiger charge is 2.22. The maximum absolute atomic E-state index is 12.5. The average molecular weight is 384 g/mol. The smallest absolute Gasteiger partial charge is 0.339 e. The molecule has 8 nitrogen and oxygen atoms in total. The standard InChI is InChI=1S/C18H16N4O4S/c23-18-20-10-12-22(18)15-3-7-17(8-4-15)27(24,25)26-16-5-1-14(2-6-16)21-11-9-19-13-21/h1-9,11,13H,10,12H2,(H,20,23). The molecule has 2 heterocycles. The molecular weight excluding hydrogens is 368 g/mol. The van der Waals surface area contributed by atoms with Gasteiger partial charge in [0.15, 0.2) is 0 Å². The number of carbonyl (C=O) groups is 1. The summed E-state index contributed by atoms with van der Waals surface area (Å²) in [5.74, 6) is 0.210. The Morgan fingerprint density at radius 1 is 1.00 bits per heavy atom. The van der Waals surface area contributed by atoms with Gasteiger partial charge in [-0.2, -0.15) is 8.42 Å². The van der Waals surface area contributed by atoms with Gasteiger partial charge >= 0.3 is 16.1 Å². The third kappa shape index (κ3) is 3.49. The monoisotopic (exact) mass is 384 g/mol. The van der Waals surface area contributed by atoms with E-state index in [1.807, 2.05) is 0 Å². The topological polar surface area (TPSA) is 93.5 Å². The summed E-state index contributed by atoms with van der Waals surface area (Å²) in [5.41, 5.74) is 1.47. The third-order valence-corrected chi connectivity index (χ3v) is 5.40. The van der Waals surface area contributed by atoms with Gasteiger partial charge in [-0.05, 0) is 48.5 Å². The second-order valence-electron chi connectivity index (χ2n) is 5.88. The van der Waals surface area contributed by atoms with Crippen LogP contribution in [0.5, 0.6) is 5.75 Å². The Hall–Kier alpha value is -3.33. The molecule has 0 aliphatic carbocycles. The Balaban J connectivity index is 1.50. The summed E-state index contributed by atoms with van der Waals surface area (Å²) in [6, 6.07) is 12.5. The number of imidazole rings is 1. The molecule has 2 amide bonds. The molecule has 0 saturated carbocycles. The molecule has 27 heavy (non-hydrogen) atoms. The van der Waals surface area contributed by atoms with E-state index in [2.05, 4.69) is 10.3 Å². The Bertz CT molecular complexity index is 1050. The Morgan fingerprint density at radius 3 is 2.30 bits per heavy atom. The summed E-state index contributed by atoms with van der Waals surface area (Å²) in [7, 11) is -3.97. The van der Waals surface area contributed by atoms with Crippen LogP contribution in [0.15, 0.2) is 72.1 Å². The first kappa shape index (κ1) is 17.1. The molecule has 0 radical (unpaired) electrons. The largest absolute Gasteiger partial charge is 0.379 e. The summed E-state index contributed by atoms with van der Waals surface area (Å²) in [4.78, 5) is 17.2. The number of hydrogen-bond acceptors (Lipinski definition) is 5. The van der Waals surface area contributed by atoms with Gasteiger partial charge in [-0.3, -0.25) is 4.90 Å². The summed E-state index contributed by atoms with van der Waals surface area (Å²) >= 11 is 0. The number of amides is 2. The second kappa shape index (κ2) is 6.76. The number of rotatable bonds is 5. The van der Waals surface area contributed by atoms with Crippen LogP contribution in [0.1, 0.15) is 0 Å². The third-order valence-electron chi connectivity index (χ3n) is 4.14. The minimum atomic E-state index is -3.97. The zero-order valence-corrected chi connectivity index (χ0v) is 15.0. The molecule has 1 fully saturated rings. The van der Waals surface area contributed by atoms with Gasteiger partial charge in [0.1, 0.15) is 10.6 Å². The van der Waals surface area contributed by atoms with E-state index in [4.69, 9.17) is 4.18 Å². The normalized spacial score (nSPS) is 14.2. The molecule has 0 unspecified atom stereocenters. The molecule has 1 aromatic heterocycles. The van der Waals surface area contributed by atoms with Crippen molar-refractivity contribution in [2.24, 2.45) is 0 Å². The molecular formula is C18H16N4O4S. The highest BCUT2D eigenvalue weighted by Crippen LogP contribution is 2.23. The molecule has 0 bridgehead atoms. The van der Waals surface area contributed by atoms with Crippen LogP contribution in [0.3, 0.4) is 0 Å². The van der Waals surface area contributed by atoms with Crippen LogP contribution < -0.4 is 14.4 Å². The summed E-state index contributed by atoms with van der Waals surface area (Å²) < 4.78 is 32.0. The van der Waals surface area contributed by atoms with Gasteiger partial charge < -0.3 is 14.1 Å². The van der Waals surface area contributed by atoms with E-state index in [0.717, 1.165) is 5.69 Å². The lowest BCUT2D eigenvalue weighted by Gasteiger charge is -2.14. The first-order valence-electron chi connectivity index (χ1n) is 8.21. The van der Waals surface area contributed by atoms with Gasteiger partial charge in [-0.25, -0.2) is 9.78 Å². The molecule has 138 valence electrons. The van der Waals surface area contributed by atoms with E-state index in [1.165, 1.54) is 12.1 Å². The molecule has 1 aliphatic heterocycles. The molecule has 2 aromatic carbocycles. The first-order valence-corrected chi connectivity index (χ1v) is 9.62. The number of benzene rings is 2. The molecule has 1 aliphatic rings. The van der Waals surface area contributed by atoms with Crippen molar-refractivity contribution in [2.45, 2.75) is 4.90 Å². The van der Waals surface area contributed by atoms with Crippen LogP contribution in [-0.4, -0.2) is 37.1 Å². The Labute approximate surface area is 156 Å². The van der Waals surface area contributed by atoms with Crippen LogP contribution in [-0.2, 0) is 10.1 Å². The predicted molar refractivity (Wildman–Crippen MR) is 98.6 cm³/mol. The van der Waals surface area contributed by atoms with Crippen LogP contribution in [0.4, 0.5) is 10.5 Å². The maximum atomic E-state index is 12.5. The number of nitrogens with zero attached hydrogens (tertiary/aromatic N) is 3. The van der Waals surface area contributed by atoms with Crippen molar-refractivity contribution in [1.29, 1.82) is 0 Å². The molecule has 1 saturated heterocycles. The zero-order chi connectivity index (χ0) is 18.9. The number of carbonyl (C=O) groups excluding carboxylic acids is 1. The molecule has 4 rings (SSSR count). The van der Waals surface area contributed by atoms with Crippen molar-refractivity contribution < 1.29 is 17.4 Å². The fraction of sp³-hybridized carbons (Fsp3) is 0.111. The summed E-state index contributed by atoms with van der Waals surface area (Å²) in [6.07, 6.45) is 5.09. The van der Waals surface area contributed by atoms with Crippen molar-refractivity contribution in [3.8, 4) is 11.4 Å². The van der Waals surface area contributed by atoms with Gasteiger partial charge in [-0.15, -0.1) is 0 Å². The lowest BCUT2D eigenvalue weighted by Crippen LogP contribution is -2.27. The number of anilines is 1. The molecule has 1 N–H and O–H groups in total. The van der Waals surface area contributed by atoms with Crippen molar-refractivity contribution >= 4 is 21.8 Å². The molecule has 0 spiro atoms. The minimum Gasteiger partial charge on any atom is -0.379 e. The average Bonchev–Trinajstić information content (AvgIpc) is 3.34. The van der Waals surface area contributed by atoms with E-state index in [1.54, 1.807) is 64.6 Å². The molecule has 9 heteroatoms. The van der Waals surface area contributed by atoms with Crippen LogP contribution in [0.25, 0.3) is 5.69 Å². The van der Waals surface area contributed by atoms with Gasteiger partial charge in [-0.1, -0.05) is 0 Å². The number of urea groups is 1. The highest BCUT2D eigenvalue weighted by molar-refractivity contribution is 7.87. The Morgan fingerprint density at radius 2 is 1.70 bits per heavy atom. The van der Waals surface area contributed by atoms with E-state index in [9.17, 15) is 13.2 Å². The molecule has 3 aromatic rings. The van der Waals surface area contributed by atoms with Gasteiger partial charge in [0.2, 0.25) is 0 Å². The predicted octanol–water partition coefficient (Wildman–Crippen LogP) is 2.17. The maximum Gasteiger partial charge on any atom is 0.339 e. The van der Waals surface area contributed by atoms with Gasteiger partial charge in [0, 0.05) is 36.9 Å². The van der Waals surface area contributed by atoms with Crippen LogP contribution in [0, 0.1) is 0 Å². The summed E-state index contributed by atoms with van der Waals surface area (Å²) in [6.45, 7) is 1.11. The van der Waals surface area contributed by atoms with E-state index in [0.29, 0.717) is 18.8 Å².